The van der Waals surface area contributed by atoms with E-state index in [1.54, 1.807) is 4.90 Å². The third-order valence-corrected chi connectivity index (χ3v) is 3.36. The van der Waals surface area contributed by atoms with Crippen LogP contribution < -0.4 is 5.73 Å². The van der Waals surface area contributed by atoms with Crippen LogP contribution in [-0.4, -0.2) is 37.6 Å². The molecule has 1 aliphatic rings. The summed E-state index contributed by atoms with van der Waals surface area (Å²) in [6.45, 7) is 2.27. The van der Waals surface area contributed by atoms with Crippen LogP contribution in [0.25, 0.3) is 0 Å². The number of likely N-dealkylation sites (N-methyl/N-ethyl adjacent to an activating group) is 1. The summed E-state index contributed by atoms with van der Waals surface area (Å²) in [4.78, 5) is 13.9. The number of nitrogens with two attached hydrogens (primary N) is 1. The third kappa shape index (κ3) is 4.20. The summed E-state index contributed by atoms with van der Waals surface area (Å²) in [5.41, 5.74) is 6.85. The number of carbonyl (C=O) groups is 1. The highest BCUT2D eigenvalue weighted by atomic mass is 35.5. The molecule has 2 N–H and O–H groups in total. The Bertz CT molecular complexity index is 394. The van der Waals surface area contributed by atoms with Crippen LogP contribution in [0, 0.1) is 5.92 Å². The van der Waals surface area contributed by atoms with Gasteiger partial charge in [0.2, 0.25) is 5.91 Å². The predicted molar refractivity (Wildman–Crippen MR) is 77.2 cm³/mol. The van der Waals surface area contributed by atoms with Crippen LogP contribution in [0.2, 0.25) is 0 Å². The van der Waals surface area contributed by atoms with E-state index in [1.165, 1.54) is 0 Å². The van der Waals surface area contributed by atoms with E-state index in [9.17, 15) is 4.79 Å². The Labute approximate surface area is 120 Å². The van der Waals surface area contributed by atoms with E-state index in [2.05, 4.69) is 0 Å². The second-order valence-electron chi connectivity index (χ2n) is 4.84. The molecular weight excluding hydrogens is 264 g/mol. The monoisotopic (exact) mass is 284 g/mol. The van der Waals surface area contributed by atoms with Gasteiger partial charge in [-0.15, -0.1) is 12.4 Å². The predicted octanol–water partition coefficient (Wildman–Crippen LogP) is 1.60. The minimum Gasteiger partial charge on any atom is -0.381 e. The van der Waals surface area contributed by atoms with Gasteiger partial charge in [0.25, 0.3) is 0 Å². The largest absolute Gasteiger partial charge is 0.381 e. The lowest BCUT2D eigenvalue weighted by Crippen LogP contribution is -2.38. The zero-order chi connectivity index (χ0) is 13.0. The molecular formula is C14H21ClN2O2. The van der Waals surface area contributed by atoms with Gasteiger partial charge in [0.1, 0.15) is 6.04 Å². The molecule has 1 fully saturated rings. The summed E-state index contributed by atoms with van der Waals surface area (Å²) in [7, 11) is 1.81. The first-order chi connectivity index (χ1) is 8.68. The van der Waals surface area contributed by atoms with Crippen molar-refractivity contribution in [3.8, 4) is 0 Å². The van der Waals surface area contributed by atoms with Crippen LogP contribution in [0.15, 0.2) is 30.3 Å². The molecule has 1 saturated heterocycles. The Balaban J connectivity index is 0.00000180. The minimum atomic E-state index is -0.571. The number of rotatable bonds is 4. The van der Waals surface area contributed by atoms with Crippen molar-refractivity contribution in [2.45, 2.75) is 12.5 Å². The average Bonchev–Trinajstić information content (AvgIpc) is 2.91. The molecule has 4 nitrogen and oxygen atoms in total. The maximum absolute atomic E-state index is 12.2. The van der Waals surface area contributed by atoms with Crippen molar-refractivity contribution >= 4 is 18.3 Å². The fraction of sp³-hybridized carbons (Fsp3) is 0.500. The molecule has 0 aromatic heterocycles. The van der Waals surface area contributed by atoms with E-state index in [0.717, 1.165) is 31.7 Å². The second-order valence-corrected chi connectivity index (χ2v) is 4.84. The molecule has 0 saturated carbocycles. The second kappa shape index (κ2) is 7.48. The molecule has 5 heteroatoms. The van der Waals surface area contributed by atoms with Gasteiger partial charge >= 0.3 is 0 Å². The van der Waals surface area contributed by atoms with Gasteiger partial charge < -0.3 is 15.4 Å². The Morgan fingerprint density at radius 1 is 1.47 bits per heavy atom. The molecule has 1 aromatic carbocycles. The van der Waals surface area contributed by atoms with E-state index in [4.69, 9.17) is 10.5 Å². The zero-order valence-corrected chi connectivity index (χ0v) is 11.9. The van der Waals surface area contributed by atoms with Crippen molar-refractivity contribution in [2.24, 2.45) is 11.7 Å². The molecule has 1 aliphatic heterocycles. The smallest absolute Gasteiger partial charge is 0.243 e. The summed E-state index contributed by atoms with van der Waals surface area (Å²) in [5.74, 6) is 0.412. The van der Waals surface area contributed by atoms with Gasteiger partial charge in [0, 0.05) is 26.1 Å². The summed E-state index contributed by atoms with van der Waals surface area (Å²) < 4.78 is 5.31. The highest BCUT2D eigenvalue weighted by Crippen LogP contribution is 2.16. The number of amides is 1. The fourth-order valence-electron chi connectivity index (χ4n) is 2.24. The molecule has 2 rings (SSSR count). The van der Waals surface area contributed by atoms with Crippen molar-refractivity contribution in [3.05, 3.63) is 35.9 Å². The first-order valence-corrected chi connectivity index (χ1v) is 6.31. The Hall–Kier alpha value is -1.10. The number of hydrogen-bond acceptors (Lipinski definition) is 3. The lowest BCUT2D eigenvalue weighted by molar-refractivity contribution is -0.132. The van der Waals surface area contributed by atoms with Crippen molar-refractivity contribution in [1.82, 2.24) is 4.90 Å². The summed E-state index contributed by atoms with van der Waals surface area (Å²) >= 11 is 0. The van der Waals surface area contributed by atoms with Crippen LogP contribution >= 0.6 is 12.4 Å². The molecule has 0 spiro atoms. The molecule has 2 unspecified atom stereocenters. The van der Waals surface area contributed by atoms with Crippen LogP contribution in [-0.2, 0) is 9.53 Å². The molecule has 0 radical (unpaired) electrons. The van der Waals surface area contributed by atoms with Crippen molar-refractivity contribution in [1.29, 1.82) is 0 Å². The van der Waals surface area contributed by atoms with Gasteiger partial charge in [-0.1, -0.05) is 30.3 Å². The quantitative estimate of drug-likeness (QED) is 0.914. The third-order valence-electron chi connectivity index (χ3n) is 3.36. The Morgan fingerprint density at radius 3 is 2.74 bits per heavy atom. The van der Waals surface area contributed by atoms with Crippen LogP contribution in [0.4, 0.5) is 0 Å². The van der Waals surface area contributed by atoms with E-state index in [-0.39, 0.29) is 18.3 Å². The molecule has 19 heavy (non-hydrogen) atoms. The fourth-order valence-corrected chi connectivity index (χ4v) is 2.24. The normalized spacial score (nSPS) is 19.6. The van der Waals surface area contributed by atoms with Gasteiger partial charge in [-0.2, -0.15) is 0 Å². The molecule has 1 amide bonds. The van der Waals surface area contributed by atoms with Crippen LogP contribution in [0.5, 0.6) is 0 Å². The first kappa shape index (κ1) is 16.0. The molecule has 0 bridgehead atoms. The van der Waals surface area contributed by atoms with Crippen molar-refractivity contribution < 1.29 is 9.53 Å². The highest BCUT2D eigenvalue weighted by Gasteiger charge is 2.24. The number of nitrogens with zero attached hydrogens (tertiary/aromatic N) is 1. The van der Waals surface area contributed by atoms with Gasteiger partial charge in [0.15, 0.2) is 0 Å². The maximum atomic E-state index is 12.2. The number of ether oxygens (including phenoxy) is 1. The van der Waals surface area contributed by atoms with E-state index in [0.29, 0.717) is 5.92 Å². The molecule has 2 atom stereocenters. The average molecular weight is 285 g/mol. The van der Waals surface area contributed by atoms with Gasteiger partial charge in [-0.25, -0.2) is 0 Å². The van der Waals surface area contributed by atoms with Crippen molar-refractivity contribution in [3.63, 3.8) is 0 Å². The van der Waals surface area contributed by atoms with Gasteiger partial charge in [-0.05, 0) is 12.0 Å². The Morgan fingerprint density at radius 2 is 2.16 bits per heavy atom. The number of benzene rings is 1. The number of hydrogen-bond donors (Lipinski definition) is 1. The van der Waals surface area contributed by atoms with Crippen molar-refractivity contribution in [2.75, 3.05) is 26.8 Å². The van der Waals surface area contributed by atoms with Gasteiger partial charge in [-0.3, -0.25) is 4.79 Å². The standard InChI is InChI=1S/C14H20N2O2.ClH/c1-16(9-11-7-8-18-10-11)14(17)13(15)12-5-3-2-4-6-12;/h2-6,11,13H,7-10,15H2,1H3;1H. The number of halogens is 1. The van der Waals surface area contributed by atoms with Crippen LogP contribution in [0.1, 0.15) is 18.0 Å². The zero-order valence-electron chi connectivity index (χ0n) is 11.1. The maximum Gasteiger partial charge on any atom is 0.243 e. The number of carbonyl (C=O) groups excluding carboxylic acids is 1. The lowest BCUT2D eigenvalue weighted by Gasteiger charge is -2.23. The van der Waals surface area contributed by atoms with E-state index < -0.39 is 6.04 Å². The topological polar surface area (TPSA) is 55.6 Å². The molecule has 1 heterocycles. The summed E-state index contributed by atoms with van der Waals surface area (Å²) in [5, 5.41) is 0. The Kier molecular flexibility index (Phi) is 6.28. The molecule has 1 aromatic rings. The SMILES string of the molecule is CN(CC1CCOC1)C(=O)C(N)c1ccccc1.Cl. The first-order valence-electron chi connectivity index (χ1n) is 6.31. The molecule has 0 aliphatic carbocycles. The van der Waals surface area contributed by atoms with E-state index in [1.807, 2.05) is 37.4 Å². The summed E-state index contributed by atoms with van der Waals surface area (Å²) in [6.07, 6.45) is 1.03. The highest BCUT2D eigenvalue weighted by molar-refractivity contribution is 5.85. The van der Waals surface area contributed by atoms with Crippen LogP contribution in [0.3, 0.4) is 0 Å². The lowest BCUT2D eigenvalue weighted by atomic mass is 10.1. The molecule has 106 valence electrons. The van der Waals surface area contributed by atoms with Gasteiger partial charge in [0.05, 0.1) is 6.61 Å². The minimum absolute atomic E-state index is 0. The summed E-state index contributed by atoms with van der Waals surface area (Å²) in [6, 6.07) is 8.91. The van der Waals surface area contributed by atoms with E-state index >= 15 is 0 Å².